The molecule has 0 atom stereocenters. The van der Waals surface area contributed by atoms with Crippen LogP contribution in [0.15, 0.2) is 78.9 Å². The van der Waals surface area contributed by atoms with Crippen molar-refractivity contribution in [2.45, 2.75) is 0 Å². The van der Waals surface area contributed by atoms with Gasteiger partial charge in [-0.3, -0.25) is 9.59 Å². The summed E-state index contributed by atoms with van der Waals surface area (Å²) >= 11 is 0. The van der Waals surface area contributed by atoms with Crippen LogP contribution < -0.4 is 5.32 Å². The van der Waals surface area contributed by atoms with Crippen molar-refractivity contribution in [1.82, 2.24) is 0 Å². The van der Waals surface area contributed by atoms with Crippen molar-refractivity contribution in [3.63, 3.8) is 0 Å². The number of nitrogens with one attached hydrogen (secondary N) is 1. The molecule has 0 radical (unpaired) electrons. The van der Waals surface area contributed by atoms with Gasteiger partial charge in [0.25, 0.3) is 5.91 Å². The fourth-order valence-electron chi connectivity index (χ4n) is 2.79. The van der Waals surface area contributed by atoms with Crippen LogP contribution in [-0.4, -0.2) is 37.3 Å². The molecule has 0 aliphatic rings. The van der Waals surface area contributed by atoms with Crippen molar-refractivity contribution < 1.29 is 28.7 Å². The summed E-state index contributed by atoms with van der Waals surface area (Å²) in [6.45, 7) is -0.543. The van der Waals surface area contributed by atoms with Crippen LogP contribution in [0.5, 0.6) is 0 Å². The third kappa shape index (κ3) is 5.42. The molecule has 0 fully saturated rings. The van der Waals surface area contributed by atoms with Gasteiger partial charge in [-0.25, -0.2) is 9.59 Å². The lowest BCUT2D eigenvalue weighted by molar-refractivity contribution is -0.119. The number of ether oxygens (including phenoxy) is 2. The van der Waals surface area contributed by atoms with Gasteiger partial charge < -0.3 is 14.8 Å². The maximum Gasteiger partial charge on any atom is 0.339 e. The number of para-hydroxylation sites is 1. The van der Waals surface area contributed by atoms with E-state index in [4.69, 9.17) is 4.74 Å². The van der Waals surface area contributed by atoms with Crippen LogP contribution in [-0.2, 0) is 14.3 Å². The summed E-state index contributed by atoms with van der Waals surface area (Å²) in [5.41, 5.74) is 1.61. The van der Waals surface area contributed by atoms with E-state index in [0.717, 1.165) is 0 Å². The number of ketones is 1. The Kier molecular flexibility index (Phi) is 6.90. The summed E-state index contributed by atoms with van der Waals surface area (Å²) in [4.78, 5) is 48.5. The molecule has 0 saturated carbocycles. The second-order valence-electron chi connectivity index (χ2n) is 6.43. The molecule has 156 valence electrons. The second-order valence-corrected chi connectivity index (χ2v) is 6.43. The minimum Gasteiger partial charge on any atom is -0.465 e. The average Bonchev–Trinajstić information content (AvgIpc) is 2.82. The van der Waals surface area contributed by atoms with E-state index < -0.39 is 24.5 Å². The predicted molar refractivity (Wildman–Crippen MR) is 113 cm³/mol. The zero-order valence-corrected chi connectivity index (χ0v) is 16.7. The van der Waals surface area contributed by atoms with Gasteiger partial charge in [0.1, 0.15) is 0 Å². The first-order chi connectivity index (χ1) is 15.0. The highest BCUT2D eigenvalue weighted by molar-refractivity contribution is 6.09. The van der Waals surface area contributed by atoms with Crippen LogP contribution in [0.25, 0.3) is 0 Å². The summed E-state index contributed by atoms with van der Waals surface area (Å²) in [5, 5.41) is 2.51. The molecule has 3 aromatic rings. The summed E-state index contributed by atoms with van der Waals surface area (Å²) in [5.74, 6) is -2.09. The lowest BCUT2D eigenvalue weighted by Gasteiger charge is -2.10. The molecule has 0 aromatic heterocycles. The number of amides is 1. The number of benzene rings is 3. The molecule has 0 aliphatic carbocycles. The van der Waals surface area contributed by atoms with Gasteiger partial charge in [-0.05, 0) is 24.3 Å². The predicted octanol–water partition coefficient (Wildman–Crippen LogP) is 3.50. The van der Waals surface area contributed by atoms with Gasteiger partial charge in [-0.1, -0.05) is 54.6 Å². The molecule has 3 rings (SSSR count). The minimum absolute atomic E-state index is 0.163. The number of rotatable bonds is 7. The summed E-state index contributed by atoms with van der Waals surface area (Å²) in [6.07, 6.45) is 0. The number of anilines is 1. The molecule has 1 amide bonds. The van der Waals surface area contributed by atoms with Crippen LogP contribution in [0.4, 0.5) is 5.69 Å². The lowest BCUT2D eigenvalue weighted by Crippen LogP contribution is -2.22. The van der Waals surface area contributed by atoms with Gasteiger partial charge >= 0.3 is 11.9 Å². The number of methoxy groups -OCH3 is 1. The monoisotopic (exact) mass is 417 g/mol. The smallest absolute Gasteiger partial charge is 0.339 e. The standard InChI is InChI=1S/C24H19NO6/c1-30-24(29)19-9-5-6-10-20(19)25-21(26)15-31-23(28)18-13-11-17(12-14-18)22(27)16-7-3-2-4-8-16/h2-14H,15H2,1H3,(H,25,26). The van der Waals surface area contributed by atoms with E-state index >= 15 is 0 Å². The molecule has 0 bridgehead atoms. The average molecular weight is 417 g/mol. The number of carbonyl (C=O) groups is 4. The van der Waals surface area contributed by atoms with E-state index in [9.17, 15) is 19.2 Å². The highest BCUT2D eigenvalue weighted by Crippen LogP contribution is 2.16. The van der Waals surface area contributed by atoms with Gasteiger partial charge in [0, 0.05) is 11.1 Å². The first kappa shape index (κ1) is 21.4. The van der Waals surface area contributed by atoms with Gasteiger partial charge in [0.2, 0.25) is 0 Å². The zero-order valence-electron chi connectivity index (χ0n) is 16.7. The quantitative estimate of drug-likeness (QED) is 0.467. The third-order valence-corrected chi connectivity index (χ3v) is 4.36. The van der Waals surface area contributed by atoms with Crippen molar-refractivity contribution in [3.8, 4) is 0 Å². The van der Waals surface area contributed by atoms with Crippen LogP contribution in [0.1, 0.15) is 36.6 Å². The van der Waals surface area contributed by atoms with E-state index in [-0.39, 0.29) is 22.6 Å². The highest BCUT2D eigenvalue weighted by Gasteiger charge is 2.16. The van der Waals surface area contributed by atoms with E-state index in [1.54, 1.807) is 36.4 Å². The Labute approximate surface area is 178 Å². The van der Waals surface area contributed by atoms with Crippen LogP contribution in [0, 0.1) is 0 Å². The maximum atomic E-state index is 12.4. The third-order valence-electron chi connectivity index (χ3n) is 4.36. The zero-order chi connectivity index (χ0) is 22.2. The number of hydrogen-bond donors (Lipinski definition) is 1. The first-order valence-electron chi connectivity index (χ1n) is 9.33. The van der Waals surface area contributed by atoms with Crippen molar-refractivity contribution in [1.29, 1.82) is 0 Å². The molecule has 0 heterocycles. The molecule has 0 aliphatic heterocycles. The van der Waals surface area contributed by atoms with Crippen molar-refractivity contribution in [2.24, 2.45) is 0 Å². The Morgan fingerprint density at radius 2 is 1.29 bits per heavy atom. The molecule has 7 nitrogen and oxygen atoms in total. The van der Waals surface area contributed by atoms with Gasteiger partial charge in [-0.15, -0.1) is 0 Å². The van der Waals surface area contributed by atoms with E-state index in [1.165, 1.54) is 43.5 Å². The molecule has 1 N–H and O–H groups in total. The van der Waals surface area contributed by atoms with Crippen molar-refractivity contribution in [2.75, 3.05) is 19.0 Å². The Morgan fingerprint density at radius 1 is 0.710 bits per heavy atom. The summed E-state index contributed by atoms with van der Waals surface area (Å²) in [7, 11) is 1.24. The van der Waals surface area contributed by atoms with E-state index in [2.05, 4.69) is 10.1 Å². The minimum atomic E-state index is -0.713. The van der Waals surface area contributed by atoms with E-state index in [1.807, 2.05) is 6.07 Å². The topological polar surface area (TPSA) is 98.8 Å². The Hall–Kier alpha value is -4.26. The van der Waals surface area contributed by atoms with Crippen LogP contribution in [0.3, 0.4) is 0 Å². The van der Waals surface area contributed by atoms with Crippen LogP contribution >= 0.6 is 0 Å². The Balaban J connectivity index is 1.58. The Morgan fingerprint density at radius 3 is 1.97 bits per heavy atom. The number of esters is 2. The maximum absolute atomic E-state index is 12.4. The highest BCUT2D eigenvalue weighted by atomic mass is 16.5. The summed E-state index contributed by atoms with van der Waals surface area (Å²) in [6, 6.07) is 21.1. The second kappa shape index (κ2) is 9.98. The fraction of sp³-hybridized carbons (Fsp3) is 0.0833. The molecular formula is C24H19NO6. The molecule has 0 spiro atoms. The molecule has 3 aromatic carbocycles. The largest absolute Gasteiger partial charge is 0.465 e. The van der Waals surface area contributed by atoms with Gasteiger partial charge in [0.05, 0.1) is 23.9 Å². The lowest BCUT2D eigenvalue weighted by atomic mass is 10.0. The van der Waals surface area contributed by atoms with Gasteiger partial charge in [0.15, 0.2) is 12.4 Å². The number of hydrogen-bond acceptors (Lipinski definition) is 6. The molecule has 0 saturated heterocycles. The SMILES string of the molecule is COC(=O)c1ccccc1NC(=O)COC(=O)c1ccc(C(=O)c2ccccc2)cc1. The molecular weight excluding hydrogens is 398 g/mol. The van der Waals surface area contributed by atoms with Crippen molar-refractivity contribution in [3.05, 3.63) is 101 Å². The van der Waals surface area contributed by atoms with E-state index in [0.29, 0.717) is 11.1 Å². The first-order valence-corrected chi connectivity index (χ1v) is 9.33. The molecule has 31 heavy (non-hydrogen) atoms. The summed E-state index contributed by atoms with van der Waals surface area (Å²) < 4.78 is 9.69. The van der Waals surface area contributed by atoms with Crippen molar-refractivity contribution >= 4 is 29.3 Å². The Bertz CT molecular complexity index is 1110. The normalized spacial score (nSPS) is 10.1. The molecule has 0 unspecified atom stereocenters. The fourth-order valence-corrected chi connectivity index (χ4v) is 2.79. The van der Waals surface area contributed by atoms with Crippen LogP contribution in [0.2, 0.25) is 0 Å². The molecule has 7 heteroatoms. The van der Waals surface area contributed by atoms with Gasteiger partial charge in [-0.2, -0.15) is 0 Å². The number of carbonyl (C=O) groups excluding carboxylic acids is 4.